The van der Waals surface area contributed by atoms with Gasteiger partial charge in [-0.25, -0.2) is 0 Å². The van der Waals surface area contributed by atoms with Gasteiger partial charge in [0.25, 0.3) is 0 Å². The molecule has 2 aliphatic carbocycles. The minimum Gasteiger partial charge on any atom is -0.481 e. The fraction of sp³-hybridized carbons (Fsp3) is 0.750. The highest BCUT2D eigenvalue weighted by Gasteiger charge is 2.48. The van der Waals surface area contributed by atoms with E-state index in [0.29, 0.717) is 0 Å². The molecule has 2 nitrogen and oxygen atoms in total. The molecule has 0 spiro atoms. The molecule has 0 aromatic carbocycles. The van der Waals surface area contributed by atoms with E-state index in [-0.39, 0.29) is 5.41 Å². The summed E-state index contributed by atoms with van der Waals surface area (Å²) in [5, 5.41) is 9.33. The summed E-state index contributed by atoms with van der Waals surface area (Å²) in [6, 6.07) is 0. The predicted molar refractivity (Wildman–Crippen MR) is 55.0 cm³/mol. The second kappa shape index (κ2) is 2.85. The van der Waals surface area contributed by atoms with Gasteiger partial charge < -0.3 is 5.11 Å². The van der Waals surface area contributed by atoms with Crippen molar-refractivity contribution >= 4 is 5.97 Å². The Morgan fingerprint density at radius 2 is 2.07 bits per heavy atom. The van der Waals surface area contributed by atoms with Gasteiger partial charge in [-0.3, -0.25) is 4.79 Å². The number of rotatable bonds is 1. The Morgan fingerprint density at radius 1 is 1.36 bits per heavy atom. The van der Waals surface area contributed by atoms with Crippen molar-refractivity contribution in [3.8, 4) is 0 Å². The number of hydrogen-bond acceptors (Lipinski definition) is 1. The third-order valence-corrected chi connectivity index (χ3v) is 3.83. The van der Waals surface area contributed by atoms with E-state index in [2.05, 4.69) is 19.9 Å². The van der Waals surface area contributed by atoms with Gasteiger partial charge in [0.05, 0.1) is 5.41 Å². The van der Waals surface area contributed by atoms with E-state index in [1.165, 1.54) is 5.57 Å². The lowest BCUT2D eigenvalue weighted by Crippen LogP contribution is -2.35. The highest BCUT2D eigenvalue weighted by atomic mass is 16.4. The molecule has 2 heteroatoms. The molecule has 1 fully saturated rings. The van der Waals surface area contributed by atoms with Crippen molar-refractivity contribution in [3.05, 3.63) is 11.6 Å². The maximum absolute atomic E-state index is 11.3. The highest BCUT2D eigenvalue weighted by Crippen LogP contribution is 2.53. The Balaban J connectivity index is 2.41. The van der Waals surface area contributed by atoms with Crippen LogP contribution in [0.2, 0.25) is 0 Å². The second-order valence-electron chi connectivity index (χ2n) is 5.40. The molecule has 78 valence electrons. The summed E-state index contributed by atoms with van der Waals surface area (Å²) in [6.45, 7) is 4.40. The molecule has 0 heterocycles. The van der Waals surface area contributed by atoms with Crippen molar-refractivity contribution in [1.82, 2.24) is 0 Å². The zero-order chi connectivity index (χ0) is 10.4. The number of allylic oxidation sites excluding steroid dienone is 1. The number of carboxylic acids is 1. The monoisotopic (exact) mass is 194 g/mol. The normalized spacial score (nSPS) is 34.9. The minimum absolute atomic E-state index is 0.207. The molecule has 1 N–H and O–H groups in total. The van der Waals surface area contributed by atoms with E-state index in [9.17, 15) is 9.90 Å². The molecule has 0 aromatic rings. The molecule has 2 aliphatic rings. The van der Waals surface area contributed by atoms with E-state index in [0.717, 1.165) is 32.1 Å². The van der Waals surface area contributed by atoms with E-state index >= 15 is 0 Å². The van der Waals surface area contributed by atoms with Gasteiger partial charge in [-0.2, -0.15) is 0 Å². The minimum atomic E-state index is -0.600. The van der Waals surface area contributed by atoms with Gasteiger partial charge in [0.15, 0.2) is 0 Å². The summed E-state index contributed by atoms with van der Waals surface area (Å²) in [5.41, 5.74) is 0.926. The number of hydrogen-bond donors (Lipinski definition) is 1. The summed E-state index contributed by atoms with van der Waals surface area (Å²) in [7, 11) is 0. The summed E-state index contributed by atoms with van der Waals surface area (Å²) >= 11 is 0. The van der Waals surface area contributed by atoms with Gasteiger partial charge in [-0.1, -0.05) is 25.5 Å². The number of carboxylic acid groups (broad SMARTS) is 1. The van der Waals surface area contributed by atoms with Crippen molar-refractivity contribution in [2.45, 2.75) is 46.0 Å². The van der Waals surface area contributed by atoms with Gasteiger partial charge >= 0.3 is 5.97 Å². The molecule has 1 saturated carbocycles. The Morgan fingerprint density at radius 3 is 2.71 bits per heavy atom. The lowest BCUT2D eigenvalue weighted by Gasteiger charge is -2.36. The van der Waals surface area contributed by atoms with Crippen molar-refractivity contribution in [1.29, 1.82) is 0 Å². The average molecular weight is 194 g/mol. The van der Waals surface area contributed by atoms with Crippen LogP contribution in [0.25, 0.3) is 0 Å². The van der Waals surface area contributed by atoms with Crippen LogP contribution in [0, 0.1) is 10.8 Å². The zero-order valence-electron chi connectivity index (χ0n) is 8.97. The van der Waals surface area contributed by atoms with Crippen LogP contribution >= 0.6 is 0 Å². The van der Waals surface area contributed by atoms with Crippen LogP contribution in [0.4, 0.5) is 0 Å². The molecule has 14 heavy (non-hydrogen) atoms. The van der Waals surface area contributed by atoms with Crippen LogP contribution in [0.1, 0.15) is 46.0 Å². The SMILES string of the molecule is CC1(C)C=C2CCCC2(C(=O)O)CC1. The molecular formula is C12H18O2. The van der Waals surface area contributed by atoms with Crippen molar-refractivity contribution in [3.63, 3.8) is 0 Å². The third-order valence-electron chi connectivity index (χ3n) is 3.83. The number of aliphatic carboxylic acids is 1. The molecule has 0 saturated heterocycles. The first kappa shape index (κ1) is 9.75. The van der Waals surface area contributed by atoms with Crippen molar-refractivity contribution < 1.29 is 9.90 Å². The molecule has 0 amide bonds. The van der Waals surface area contributed by atoms with E-state index in [4.69, 9.17) is 0 Å². The maximum Gasteiger partial charge on any atom is 0.313 e. The van der Waals surface area contributed by atoms with Gasteiger partial charge in [-0.15, -0.1) is 0 Å². The zero-order valence-corrected chi connectivity index (χ0v) is 8.97. The van der Waals surface area contributed by atoms with Crippen LogP contribution in [-0.4, -0.2) is 11.1 Å². The molecule has 0 aliphatic heterocycles. The topological polar surface area (TPSA) is 37.3 Å². The summed E-state index contributed by atoms with van der Waals surface area (Å²) in [5.74, 6) is -0.600. The quantitative estimate of drug-likeness (QED) is 0.651. The van der Waals surface area contributed by atoms with Gasteiger partial charge in [0.2, 0.25) is 0 Å². The fourth-order valence-electron chi connectivity index (χ4n) is 2.91. The third kappa shape index (κ3) is 1.28. The number of carbonyl (C=O) groups is 1. The molecule has 0 radical (unpaired) electrons. The van der Waals surface area contributed by atoms with Crippen LogP contribution in [0.15, 0.2) is 11.6 Å². The Kier molecular flexibility index (Phi) is 1.98. The highest BCUT2D eigenvalue weighted by molar-refractivity contribution is 5.79. The Hall–Kier alpha value is -0.790. The van der Waals surface area contributed by atoms with Gasteiger partial charge in [-0.05, 0) is 37.5 Å². The first-order valence-corrected chi connectivity index (χ1v) is 5.42. The molecule has 1 unspecified atom stereocenters. The van der Waals surface area contributed by atoms with E-state index in [1.54, 1.807) is 0 Å². The smallest absolute Gasteiger partial charge is 0.313 e. The lowest BCUT2D eigenvalue weighted by molar-refractivity contribution is -0.147. The van der Waals surface area contributed by atoms with E-state index in [1.807, 2.05) is 0 Å². The summed E-state index contributed by atoms with van der Waals surface area (Å²) in [4.78, 5) is 11.3. The summed E-state index contributed by atoms with van der Waals surface area (Å²) < 4.78 is 0. The van der Waals surface area contributed by atoms with Crippen LogP contribution in [0.5, 0.6) is 0 Å². The van der Waals surface area contributed by atoms with E-state index < -0.39 is 11.4 Å². The maximum atomic E-state index is 11.3. The standard InChI is InChI=1S/C12H18O2/c1-11(2)6-7-12(10(13)14)5-3-4-9(12)8-11/h8H,3-7H2,1-2H3,(H,13,14). The molecule has 0 aromatic heterocycles. The predicted octanol–water partition coefficient (Wildman–Crippen LogP) is 2.99. The van der Waals surface area contributed by atoms with Crippen molar-refractivity contribution in [2.75, 3.05) is 0 Å². The summed E-state index contributed by atoms with van der Waals surface area (Å²) in [6.07, 6.45) is 6.95. The van der Waals surface area contributed by atoms with Crippen LogP contribution in [-0.2, 0) is 4.79 Å². The number of fused-ring (bicyclic) bond motifs is 1. The largest absolute Gasteiger partial charge is 0.481 e. The fourth-order valence-corrected chi connectivity index (χ4v) is 2.91. The Labute approximate surface area is 85.0 Å². The molecule has 1 atom stereocenters. The van der Waals surface area contributed by atoms with Crippen LogP contribution < -0.4 is 0 Å². The molecular weight excluding hydrogens is 176 g/mol. The lowest BCUT2D eigenvalue weighted by atomic mass is 9.67. The second-order valence-corrected chi connectivity index (χ2v) is 5.40. The Bertz CT molecular complexity index is 301. The van der Waals surface area contributed by atoms with Crippen LogP contribution in [0.3, 0.4) is 0 Å². The average Bonchev–Trinajstić information content (AvgIpc) is 2.46. The van der Waals surface area contributed by atoms with Gasteiger partial charge in [0.1, 0.15) is 0 Å². The van der Waals surface area contributed by atoms with Gasteiger partial charge in [0, 0.05) is 0 Å². The van der Waals surface area contributed by atoms with Crippen molar-refractivity contribution in [2.24, 2.45) is 10.8 Å². The molecule has 0 bridgehead atoms. The molecule has 2 rings (SSSR count). The first-order valence-electron chi connectivity index (χ1n) is 5.42. The first-order chi connectivity index (χ1) is 6.46.